The molecule has 5 nitrogen and oxygen atoms in total. The van der Waals surface area contributed by atoms with Gasteiger partial charge in [-0.3, -0.25) is 9.59 Å². The lowest BCUT2D eigenvalue weighted by molar-refractivity contribution is -0.122. The second-order valence-corrected chi connectivity index (χ2v) is 11.1. The number of carbonyl (C=O) groups excluding carboxylic acids is 3. The average molecular weight is 548 g/mol. The summed E-state index contributed by atoms with van der Waals surface area (Å²) in [4.78, 5) is 42.6. The van der Waals surface area contributed by atoms with Gasteiger partial charge in [-0.1, -0.05) is 97.1 Å². The van der Waals surface area contributed by atoms with Crippen LogP contribution in [0.5, 0.6) is 5.75 Å². The number of esters is 1. The molecule has 1 fully saturated rings. The molecule has 2 atom stereocenters. The molecule has 2 bridgehead atoms. The van der Waals surface area contributed by atoms with Crippen molar-refractivity contribution in [2.24, 2.45) is 11.8 Å². The molecule has 0 aromatic heterocycles. The van der Waals surface area contributed by atoms with Crippen LogP contribution in [0.25, 0.3) is 11.1 Å². The van der Waals surface area contributed by atoms with Crippen molar-refractivity contribution in [3.63, 3.8) is 0 Å². The number of amides is 2. The lowest BCUT2D eigenvalue weighted by Crippen LogP contribution is -2.41. The number of nitrogens with zero attached hydrogens (tertiary/aromatic N) is 1. The van der Waals surface area contributed by atoms with Gasteiger partial charge in [0, 0.05) is 11.8 Å². The highest BCUT2D eigenvalue weighted by Crippen LogP contribution is 2.61. The summed E-state index contributed by atoms with van der Waals surface area (Å²) < 4.78 is 5.66. The Morgan fingerprint density at radius 2 is 1.05 bits per heavy atom. The molecule has 0 radical (unpaired) electrons. The van der Waals surface area contributed by atoms with E-state index in [1.165, 1.54) is 4.90 Å². The van der Waals surface area contributed by atoms with Crippen molar-refractivity contribution in [1.29, 1.82) is 0 Å². The second-order valence-electron chi connectivity index (χ2n) is 11.1. The summed E-state index contributed by atoms with van der Waals surface area (Å²) in [6, 6.07) is 40.2. The smallest absolute Gasteiger partial charge is 0.343 e. The Balaban J connectivity index is 1.09. The minimum atomic E-state index is -0.555. The van der Waals surface area contributed by atoms with Crippen LogP contribution in [0.3, 0.4) is 0 Å². The van der Waals surface area contributed by atoms with Crippen molar-refractivity contribution in [1.82, 2.24) is 0 Å². The van der Waals surface area contributed by atoms with Crippen LogP contribution in [0.4, 0.5) is 5.69 Å². The number of ether oxygens (including phenoxy) is 1. The van der Waals surface area contributed by atoms with E-state index in [9.17, 15) is 14.4 Å². The minimum absolute atomic E-state index is 0.180. The van der Waals surface area contributed by atoms with E-state index in [1.54, 1.807) is 36.4 Å². The van der Waals surface area contributed by atoms with Crippen LogP contribution in [-0.4, -0.2) is 17.8 Å². The number of rotatable bonds is 4. The van der Waals surface area contributed by atoms with Crippen LogP contribution in [0, 0.1) is 11.8 Å². The van der Waals surface area contributed by atoms with E-state index in [0.717, 1.165) is 33.4 Å². The summed E-state index contributed by atoms with van der Waals surface area (Å²) in [5.41, 5.74) is 7.25. The predicted octanol–water partition coefficient (Wildman–Crippen LogP) is 6.97. The summed E-state index contributed by atoms with van der Waals surface area (Å²) in [5.74, 6) is -1.90. The Hall–Kier alpha value is -5.29. The van der Waals surface area contributed by atoms with Crippen LogP contribution in [0.15, 0.2) is 127 Å². The summed E-state index contributed by atoms with van der Waals surface area (Å²) in [6.45, 7) is 0. The van der Waals surface area contributed by atoms with Gasteiger partial charge in [-0.2, -0.15) is 0 Å². The fraction of sp³-hybridized carbons (Fsp3) is 0.108. The van der Waals surface area contributed by atoms with E-state index in [0.29, 0.717) is 11.4 Å². The van der Waals surface area contributed by atoms with E-state index in [2.05, 4.69) is 24.3 Å². The molecule has 5 aromatic rings. The third-order valence-electron chi connectivity index (χ3n) is 8.96. The van der Waals surface area contributed by atoms with Crippen LogP contribution in [0.2, 0.25) is 0 Å². The summed E-state index contributed by atoms with van der Waals surface area (Å²) in [7, 11) is 0. The zero-order chi connectivity index (χ0) is 28.4. The van der Waals surface area contributed by atoms with Gasteiger partial charge >= 0.3 is 5.97 Å². The molecule has 202 valence electrons. The van der Waals surface area contributed by atoms with Crippen molar-refractivity contribution in [3.8, 4) is 16.9 Å². The molecule has 3 aliphatic carbocycles. The van der Waals surface area contributed by atoms with Crippen LogP contribution in [0.1, 0.15) is 44.4 Å². The van der Waals surface area contributed by atoms with Crippen molar-refractivity contribution < 1.29 is 19.1 Å². The van der Waals surface area contributed by atoms with Crippen molar-refractivity contribution >= 4 is 23.5 Å². The molecule has 0 N–H and O–H groups in total. The molecule has 2 amide bonds. The Bertz CT molecular complexity index is 1780. The highest BCUT2D eigenvalue weighted by Gasteiger charge is 2.61. The molecule has 0 saturated carbocycles. The number of carbonyl (C=O) groups is 3. The van der Waals surface area contributed by atoms with Crippen molar-refractivity contribution in [2.75, 3.05) is 4.90 Å². The first-order valence-electron chi connectivity index (χ1n) is 14.1. The molecular weight excluding hydrogens is 522 g/mol. The Morgan fingerprint density at radius 3 is 1.60 bits per heavy atom. The highest BCUT2D eigenvalue weighted by atomic mass is 16.5. The zero-order valence-corrected chi connectivity index (χ0v) is 22.5. The monoisotopic (exact) mass is 547 g/mol. The maximum Gasteiger partial charge on any atom is 0.343 e. The third kappa shape index (κ3) is 3.60. The number of anilines is 1. The van der Waals surface area contributed by atoms with Gasteiger partial charge in [0.15, 0.2) is 0 Å². The molecule has 0 spiro atoms. The molecule has 0 unspecified atom stereocenters. The maximum absolute atomic E-state index is 14.1. The minimum Gasteiger partial charge on any atom is -0.423 e. The fourth-order valence-corrected chi connectivity index (χ4v) is 7.22. The molecule has 1 saturated heterocycles. The van der Waals surface area contributed by atoms with Gasteiger partial charge in [0.05, 0.1) is 23.1 Å². The van der Waals surface area contributed by atoms with Gasteiger partial charge < -0.3 is 4.74 Å². The topological polar surface area (TPSA) is 63.7 Å². The molecule has 5 heteroatoms. The molecule has 5 aromatic carbocycles. The van der Waals surface area contributed by atoms with Crippen LogP contribution in [-0.2, 0) is 9.59 Å². The van der Waals surface area contributed by atoms with E-state index >= 15 is 0 Å². The fourth-order valence-electron chi connectivity index (χ4n) is 7.22. The molecule has 4 aliphatic rings. The number of hydrogen-bond acceptors (Lipinski definition) is 4. The van der Waals surface area contributed by atoms with E-state index < -0.39 is 17.8 Å². The van der Waals surface area contributed by atoms with E-state index in [-0.39, 0.29) is 29.2 Å². The maximum atomic E-state index is 14.1. The van der Waals surface area contributed by atoms with E-state index in [1.807, 2.05) is 66.7 Å². The van der Waals surface area contributed by atoms with Gasteiger partial charge in [0.25, 0.3) is 0 Å². The predicted molar refractivity (Wildman–Crippen MR) is 159 cm³/mol. The number of imide groups is 1. The lowest BCUT2D eigenvalue weighted by atomic mass is 9.55. The zero-order valence-electron chi connectivity index (χ0n) is 22.5. The third-order valence-corrected chi connectivity index (χ3v) is 8.96. The first-order chi connectivity index (χ1) is 20.6. The van der Waals surface area contributed by atoms with Gasteiger partial charge in [-0.25, -0.2) is 9.69 Å². The Kier molecular flexibility index (Phi) is 5.47. The quantitative estimate of drug-likeness (QED) is 0.139. The standard InChI is InChI=1S/C37H25NO4/c39-35-33-31-27-13-4-5-14-28(27)32(30-16-7-6-15-29(30)31)34(33)36(40)38(35)25-12-8-11-24(21-25)37(41)42-26-19-17-23(18-20-26)22-9-2-1-3-10-22/h1-21,31-34H/t31?,32?,33-,34-/m0/s1. The first kappa shape index (κ1) is 24.5. The first-order valence-corrected chi connectivity index (χ1v) is 14.1. The van der Waals surface area contributed by atoms with Crippen molar-refractivity contribution in [3.05, 3.63) is 155 Å². The molecular formula is C37H25NO4. The van der Waals surface area contributed by atoms with Gasteiger partial charge in [0.2, 0.25) is 11.8 Å². The lowest BCUT2D eigenvalue weighted by Gasteiger charge is -2.45. The van der Waals surface area contributed by atoms with Crippen LogP contribution >= 0.6 is 0 Å². The normalized spacial score (nSPS) is 21.5. The number of benzene rings is 5. The highest BCUT2D eigenvalue weighted by molar-refractivity contribution is 6.23. The Labute approximate surface area is 243 Å². The van der Waals surface area contributed by atoms with E-state index in [4.69, 9.17) is 4.74 Å². The van der Waals surface area contributed by atoms with Crippen LogP contribution < -0.4 is 9.64 Å². The summed E-state index contributed by atoms with van der Waals surface area (Å²) in [5, 5.41) is 0. The number of hydrogen-bond donors (Lipinski definition) is 0. The van der Waals surface area contributed by atoms with Gasteiger partial charge in [-0.15, -0.1) is 0 Å². The average Bonchev–Trinajstić information content (AvgIpc) is 3.31. The van der Waals surface area contributed by atoms with Crippen molar-refractivity contribution in [2.45, 2.75) is 11.8 Å². The second kappa shape index (κ2) is 9.38. The Morgan fingerprint density at radius 1 is 0.548 bits per heavy atom. The molecule has 1 aliphatic heterocycles. The van der Waals surface area contributed by atoms with Gasteiger partial charge in [-0.05, 0) is 63.7 Å². The molecule has 42 heavy (non-hydrogen) atoms. The summed E-state index contributed by atoms with van der Waals surface area (Å²) in [6.07, 6.45) is 0. The summed E-state index contributed by atoms with van der Waals surface area (Å²) >= 11 is 0. The van der Waals surface area contributed by atoms with Gasteiger partial charge in [0.1, 0.15) is 5.75 Å². The molecule has 1 heterocycles. The molecule has 9 rings (SSSR count). The largest absolute Gasteiger partial charge is 0.423 e. The SMILES string of the molecule is O=C(Oc1ccc(-c2ccccc2)cc1)c1cccc(N2C(=O)[C@H]3C4c5ccccc5C(c5ccccc54)[C@@H]3C2=O)c1.